The molecule has 0 saturated heterocycles. The second kappa shape index (κ2) is 13.2. The average Bonchev–Trinajstić information content (AvgIpc) is 2.86. The van der Waals surface area contributed by atoms with E-state index in [4.69, 9.17) is 4.74 Å². The molecule has 2 aliphatic rings. The number of hydrogen-bond acceptors (Lipinski definition) is 6. The molecule has 190 valence electrons. The van der Waals surface area contributed by atoms with Crippen LogP contribution < -0.4 is 15.4 Å². The summed E-state index contributed by atoms with van der Waals surface area (Å²) >= 11 is 0. The minimum atomic E-state index is -0.879. The van der Waals surface area contributed by atoms with Crippen LogP contribution in [0.3, 0.4) is 0 Å². The number of amides is 2. The van der Waals surface area contributed by atoms with Crippen molar-refractivity contribution in [1.82, 2.24) is 15.5 Å². The van der Waals surface area contributed by atoms with Gasteiger partial charge in [0.2, 0.25) is 5.91 Å². The van der Waals surface area contributed by atoms with Gasteiger partial charge in [-0.3, -0.25) is 19.3 Å². The molecule has 8 heteroatoms. The van der Waals surface area contributed by atoms with Gasteiger partial charge in [-0.2, -0.15) is 0 Å². The number of carbonyl (C=O) groups is 4. The average molecular weight is 484 g/mol. The molecule has 1 unspecified atom stereocenters. The third kappa shape index (κ3) is 8.02. The zero-order valence-electron chi connectivity index (χ0n) is 20.8. The molecule has 1 heterocycles. The Balaban J connectivity index is 1.51. The number of Topliss-reactive ketones (excluding diaryl/α,β-unsaturated/α-hetero) is 1. The van der Waals surface area contributed by atoms with Gasteiger partial charge in [0, 0.05) is 13.0 Å². The number of allylic oxidation sites excluding steroid dienone is 1. The van der Waals surface area contributed by atoms with E-state index < -0.39 is 23.9 Å². The fraction of sp³-hybridized carbons (Fsp3) is 0.556. The molecule has 0 bridgehead atoms. The molecule has 2 N–H and O–H groups in total. The Bertz CT molecular complexity index is 938. The fourth-order valence-electron chi connectivity index (χ4n) is 4.70. The van der Waals surface area contributed by atoms with Crippen LogP contribution in [-0.2, 0) is 25.6 Å². The lowest BCUT2D eigenvalue weighted by Gasteiger charge is -2.28. The number of carbonyl (C=O) groups excluding carboxylic acids is 4. The Morgan fingerprint density at radius 2 is 1.89 bits per heavy atom. The Labute approximate surface area is 207 Å². The Morgan fingerprint density at radius 3 is 2.63 bits per heavy atom. The van der Waals surface area contributed by atoms with Gasteiger partial charge in [-0.05, 0) is 63.3 Å². The van der Waals surface area contributed by atoms with Crippen molar-refractivity contribution in [2.45, 2.75) is 70.4 Å². The third-order valence-electron chi connectivity index (χ3n) is 6.66. The van der Waals surface area contributed by atoms with Crippen LogP contribution in [-0.4, -0.2) is 61.0 Å². The monoisotopic (exact) mass is 483 g/mol. The zero-order chi connectivity index (χ0) is 25.2. The van der Waals surface area contributed by atoms with Gasteiger partial charge in [0.05, 0.1) is 12.6 Å². The second-order valence-electron chi connectivity index (χ2n) is 9.65. The second-order valence-corrected chi connectivity index (χ2v) is 9.65. The van der Waals surface area contributed by atoms with E-state index in [1.54, 1.807) is 19.1 Å². The molecule has 0 spiro atoms. The highest BCUT2D eigenvalue weighted by Crippen LogP contribution is 2.26. The van der Waals surface area contributed by atoms with Crippen molar-refractivity contribution >= 4 is 23.9 Å². The molecule has 1 aromatic rings. The van der Waals surface area contributed by atoms with Gasteiger partial charge in [0.15, 0.2) is 11.5 Å². The van der Waals surface area contributed by atoms with Crippen molar-refractivity contribution in [2.24, 2.45) is 5.92 Å². The van der Waals surface area contributed by atoms with E-state index in [-0.39, 0.29) is 30.9 Å². The van der Waals surface area contributed by atoms with E-state index in [1.807, 2.05) is 30.1 Å². The predicted molar refractivity (Wildman–Crippen MR) is 133 cm³/mol. The first-order valence-electron chi connectivity index (χ1n) is 12.6. The highest BCUT2D eigenvalue weighted by atomic mass is 16.5. The first kappa shape index (κ1) is 26.6. The maximum absolute atomic E-state index is 13.0. The summed E-state index contributed by atoms with van der Waals surface area (Å²) in [5, 5.41) is 5.38. The fourth-order valence-corrected chi connectivity index (χ4v) is 4.70. The van der Waals surface area contributed by atoms with Crippen molar-refractivity contribution in [3.05, 3.63) is 41.7 Å². The van der Waals surface area contributed by atoms with Gasteiger partial charge in [0.1, 0.15) is 18.1 Å². The highest BCUT2D eigenvalue weighted by Gasteiger charge is 2.27. The van der Waals surface area contributed by atoms with Crippen molar-refractivity contribution in [1.29, 1.82) is 0 Å². The Morgan fingerprint density at radius 1 is 1.14 bits per heavy atom. The summed E-state index contributed by atoms with van der Waals surface area (Å²) in [6.07, 6.45) is 9.53. The van der Waals surface area contributed by atoms with Crippen LogP contribution in [0.4, 0.5) is 0 Å². The molecule has 2 atom stereocenters. The number of para-hydroxylation sites is 1. The third-order valence-corrected chi connectivity index (χ3v) is 6.66. The van der Waals surface area contributed by atoms with Gasteiger partial charge in [0.25, 0.3) is 5.91 Å². The molecule has 35 heavy (non-hydrogen) atoms. The quantitative estimate of drug-likeness (QED) is 0.443. The van der Waals surface area contributed by atoms with Crippen LogP contribution in [0, 0.1) is 5.92 Å². The number of rotatable bonds is 12. The summed E-state index contributed by atoms with van der Waals surface area (Å²) in [6, 6.07) is 5.80. The zero-order valence-corrected chi connectivity index (χ0v) is 20.8. The van der Waals surface area contributed by atoms with E-state index in [2.05, 4.69) is 10.6 Å². The molecule has 1 saturated carbocycles. The molecule has 1 aromatic carbocycles. The summed E-state index contributed by atoms with van der Waals surface area (Å²) in [5.74, 6) is 0.255. The number of aldehydes is 1. The van der Waals surface area contributed by atoms with E-state index in [9.17, 15) is 19.2 Å². The summed E-state index contributed by atoms with van der Waals surface area (Å²) in [6.45, 7) is 2.62. The van der Waals surface area contributed by atoms with Crippen molar-refractivity contribution in [3.8, 4) is 5.75 Å². The number of benzene rings is 1. The minimum absolute atomic E-state index is 0.132. The number of ether oxygens (including phenoxy) is 1. The molecule has 1 fully saturated rings. The predicted octanol–water partition coefficient (Wildman–Crippen LogP) is 2.56. The lowest BCUT2D eigenvalue weighted by atomic mass is 9.89. The van der Waals surface area contributed by atoms with Crippen LogP contribution in [0.2, 0.25) is 0 Å². The number of hydrogen-bond donors (Lipinski definition) is 2. The van der Waals surface area contributed by atoms with Crippen LogP contribution in [0.15, 0.2) is 36.1 Å². The normalized spacial score (nSPS) is 17.4. The molecular formula is C27H37N3O5. The maximum atomic E-state index is 13.0. The van der Waals surface area contributed by atoms with Gasteiger partial charge in [-0.25, -0.2) is 0 Å². The molecule has 3 rings (SSSR count). The molecule has 0 radical (unpaired) electrons. The smallest absolute Gasteiger partial charge is 0.287 e. The van der Waals surface area contributed by atoms with E-state index >= 15 is 0 Å². The van der Waals surface area contributed by atoms with Gasteiger partial charge < -0.3 is 20.2 Å². The highest BCUT2D eigenvalue weighted by molar-refractivity contribution is 5.97. The van der Waals surface area contributed by atoms with Crippen molar-refractivity contribution in [3.63, 3.8) is 0 Å². The number of nitrogens with one attached hydrogen (secondary N) is 2. The van der Waals surface area contributed by atoms with E-state index in [0.29, 0.717) is 18.1 Å². The lowest BCUT2D eigenvalue weighted by molar-refractivity contribution is -0.131. The van der Waals surface area contributed by atoms with Gasteiger partial charge in [-0.15, -0.1) is 0 Å². The van der Waals surface area contributed by atoms with Gasteiger partial charge in [-0.1, -0.05) is 37.5 Å². The first-order chi connectivity index (χ1) is 16.9. The minimum Gasteiger partial charge on any atom is -0.452 e. The maximum Gasteiger partial charge on any atom is 0.287 e. The largest absolute Gasteiger partial charge is 0.452 e. The van der Waals surface area contributed by atoms with Crippen molar-refractivity contribution in [2.75, 3.05) is 20.1 Å². The number of nitrogens with zero attached hydrogens (tertiary/aromatic N) is 1. The van der Waals surface area contributed by atoms with Crippen molar-refractivity contribution < 1.29 is 23.9 Å². The Kier molecular flexibility index (Phi) is 10.0. The number of fused-ring (bicyclic) bond motifs is 1. The summed E-state index contributed by atoms with van der Waals surface area (Å²) < 4.78 is 5.67. The van der Waals surface area contributed by atoms with E-state index in [0.717, 1.165) is 18.4 Å². The van der Waals surface area contributed by atoms with E-state index in [1.165, 1.54) is 32.1 Å². The summed E-state index contributed by atoms with van der Waals surface area (Å²) in [4.78, 5) is 51.3. The van der Waals surface area contributed by atoms with Crippen LogP contribution in [0.1, 0.15) is 57.4 Å². The topological polar surface area (TPSA) is 105 Å². The summed E-state index contributed by atoms with van der Waals surface area (Å²) in [5.41, 5.74) is 0.986. The molecule has 0 aromatic heterocycles. The lowest BCUT2D eigenvalue weighted by Crippen LogP contribution is -2.52. The molecule has 1 aliphatic carbocycles. The molecular weight excluding hydrogens is 446 g/mol. The SMILES string of the molecule is CC(NC(=O)C1=CCc2ccccc2O1)C(=O)N[C@@H](CCC=O)C(=O)CN(C)CC1CCCCC1. The number of likely N-dealkylation sites (N-methyl/N-ethyl adjacent to an activating group) is 1. The number of ketones is 1. The van der Waals surface area contributed by atoms with Crippen LogP contribution >= 0.6 is 0 Å². The Hall–Kier alpha value is -3.00. The molecule has 1 aliphatic heterocycles. The van der Waals surface area contributed by atoms with Crippen LogP contribution in [0.25, 0.3) is 0 Å². The standard InChI is InChI=1S/C27H37N3O5/c1-19(28-27(34)25-15-14-21-11-6-7-13-24(21)35-25)26(33)29-22(12-8-16-31)23(32)18-30(2)17-20-9-4-3-5-10-20/h6-7,11,13,15-16,19-20,22H,3-5,8-10,12,14,17-18H2,1-2H3,(H,28,34)(H,29,33)/t19?,22-/m0/s1. The summed E-state index contributed by atoms with van der Waals surface area (Å²) in [7, 11) is 1.92. The molecule has 2 amide bonds. The molecule has 8 nitrogen and oxygen atoms in total. The van der Waals surface area contributed by atoms with Crippen LogP contribution in [0.5, 0.6) is 5.75 Å². The first-order valence-corrected chi connectivity index (χ1v) is 12.6. The van der Waals surface area contributed by atoms with Gasteiger partial charge >= 0.3 is 0 Å².